The Morgan fingerprint density at radius 3 is 2.76 bits per heavy atom. The molecule has 0 bridgehead atoms. The van der Waals surface area contributed by atoms with Crippen LogP contribution in [0.15, 0.2) is 63.2 Å². The molecule has 0 radical (unpaired) electrons. The lowest BCUT2D eigenvalue weighted by Crippen LogP contribution is -2.27. The molecule has 0 atom stereocenters. The highest BCUT2D eigenvalue weighted by atomic mass is 32.2. The zero-order valence-electron chi connectivity index (χ0n) is 13.3. The molecule has 2 heterocycles. The Morgan fingerprint density at radius 1 is 1.16 bits per heavy atom. The van der Waals surface area contributed by atoms with Crippen LogP contribution < -0.4 is 11.2 Å². The summed E-state index contributed by atoms with van der Waals surface area (Å²) >= 11 is 2.93. The van der Waals surface area contributed by atoms with Gasteiger partial charge in [-0.15, -0.1) is 22.0 Å². The monoisotopic (exact) mass is 375 g/mol. The molecule has 0 unspecified atom stereocenters. The van der Waals surface area contributed by atoms with Gasteiger partial charge in [0.05, 0.1) is 12.0 Å². The second kappa shape index (κ2) is 8.63. The summed E-state index contributed by atoms with van der Waals surface area (Å²) in [6, 6.07) is 13.6. The van der Waals surface area contributed by atoms with Crippen molar-refractivity contribution < 1.29 is 9.21 Å². The number of aromatic nitrogens is 3. The molecule has 0 fully saturated rings. The number of furan rings is 1. The van der Waals surface area contributed by atoms with Gasteiger partial charge in [-0.3, -0.25) is 4.79 Å². The molecule has 9 heteroatoms. The summed E-state index contributed by atoms with van der Waals surface area (Å²) in [5.74, 6) is 7.87. The molecule has 0 saturated carbocycles. The zero-order valence-corrected chi connectivity index (χ0v) is 14.9. The number of benzene rings is 1. The van der Waals surface area contributed by atoms with E-state index >= 15 is 0 Å². The number of nitrogen functional groups attached to an aromatic ring is 1. The Kier molecular flexibility index (Phi) is 6.02. The summed E-state index contributed by atoms with van der Waals surface area (Å²) in [7, 11) is 0. The highest BCUT2D eigenvalue weighted by molar-refractivity contribution is 7.99. The van der Waals surface area contributed by atoms with Crippen molar-refractivity contribution in [1.82, 2.24) is 20.2 Å². The summed E-state index contributed by atoms with van der Waals surface area (Å²) in [5, 5.41) is 11.3. The predicted molar refractivity (Wildman–Crippen MR) is 98.8 cm³/mol. The van der Waals surface area contributed by atoms with Crippen molar-refractivity contribution in [3.05, 3.63) is 48.7 Å². The van der Waals surface area contributed by atoms with Gasteiger partial charge in [-0.05, 0) is 24.3 Å². The molecule has 0 aliphatic carbocycles. The Balaban J connectivity index is 1.41. The number of nitrogens with zero attached hydrogens (tertiary/aromatic N) is 3. The van der Waals surface area contributed by atoms with E-state index in [1.165, 1.54) is 27.6 Å². The van der Waals surface area contributed by atoms with E-state index in [2.05, 4.69) is 15.5 Å². The molecule has 3 N–H and O–H groups in total. The quantitative estimate of drug-likeness (QED) is 0.354. The first-order valence-electron chi connectivity index (χ1n) is 7.56. The molecule has 1 aromatic carbocycles. The van der Waals surface area contributed by atoms with Gasteiger partial charge >= 0.3 is 0 Å². The van der Waals surface area contributed by atoms with E-state index in [1.54, 1.807) is 23.9 Å². The normalized spacial score (nSPS) is 10.7. The lowest BCUT2D eigenvalue weighted by atomic mass is 10.4. The molecule has 7 nitrogen and oxygen atoms in total. The maximum absolute atomic E-state index is 11.9. The molecule has 0 aliphatic rings. The second-order valence-corrected chi connectivity index (χ2v) is 7.06. The minimum absolute atomic E-state index is 0.0683. The molecule has 2 aromatic heterocycles. The fourth-order valence-electron chi connectivity index (χ4n) is 2.01. The lowest BCUT2D eigenvalue weighted by molar-refractivity contribution is -0.118. The first kappa shape index (κ1) is 17.4. The second-order valence-electron chi connectivity index (χ2n) is 4.95. The van der Waals surface area contributed by atoms with Gasteiger partial charge in [0.2, 0.25) is 16.9 Å². The highest BCUT2D eigenvalue weighted by Crippen LogP contribution is 2.21. The largest absolute Gasteiger partial charge is 0.461 e. The van der Waals surface area contributed by atoms with Crippen molar-refractivity contribution in [2.24, 2.45) is 0 Å². The molecule has 3 aromatic rings. The fourth-order valence-corrected chi connectivity index (χ4v) is 3.48. The number of hydrogen-bond acceptors (Lipinski definition) is 7. The van der Waals surface area contributed by atoms with Crippen LogP contribution in [-0.4, -0.2) is 38.8 Å². The molecule has 1 amide bonds. The average Bonchev–Trinajstić information content (AvgIpc) is 3.27. The molecule has 25 heavy (non-hydrogen) atoms. The van der Waals surface area contributed by atoms with Gasteiger partial charge in [0, 0.05) is 17.2 Å². The molecular formula is C16H17N5O2S2. The van der Waals surface area contributed by atoms with Gasteiger partial charge in [-0.1, -0.05) is 30.0 Å². The molecular weight excluding hydrogens is 358 g/mol. The van der Waals surface area contributed by atoms with E-state index in [9.17, 15) is 4.79 Å². The van der Waals surface area contributed by atoms with Gasteiger partial charge in [-0.25, -0.2) is 4.68 Å². The van der Waals surface area contributed by atoms with Crippen LogP contribution in [0.1, 0.15) is 0 Å². The van der Waals surface area contributed by atoms with Crippen LogP contribution >= 0.6 is 23.5 Å². The number of nitrogens with two attached hydrogens (primary N) is 1. The maximum Gasteiger partial charge on any atom is 0.230 e. The van der Waals surface area contributed by atoms with Crippen LogP contribution in [0, 0.1) is 0 Å². The lowest BCUT2D eigenvalue weighted by Gasteiger charge is -2.05. The minimum atomic E-state index is -0.0683. The first-order chi connectivity index (χ1) is 12.2. The number of carbonyl (C=O) groups is 1. The summed E-state index contributed by atoms with van der Waals surface area (Å²) in [6.07, 6.45) is 1.54. The maximum atomic E-state index is 11.9. The van der Waals surface area contributed by atoms with E-state index in [0.717, 1.165) is 5.75 Å². The SMILES string of the molecule is Nn1c(SCC(=O)NCCSc2ccccc2)nnc1-c1ccco1. The molecule has 0 aliphatic heterocycles. The van der Waals surface area contributed by atoms with Crippen LogP contribution in [0.3, 0.4) is 0 Å². The third kappa shape index (κ3) is 4.80. The van der Waals surface area contributed by atoms with Crippen molar-refractivity contribution in [3.8, 4) is 11.6 Å². The molecule has 0 spiro atoms. The van der Waals surface area contributed by atoms with E-state index in [4.69, 9.17) is 10.3 Å². The van der Waals surface area contributed by atoms with Gasteiger partial charge in [0.25, 0.3) is 0 Å². The minimum Gasteiger partial charge on any atom is -0.461 e. The Bertz CT molecular complexity index is 805. The van der Waals surface area contributed by atoms with Gasteiger partial charge < -0.3 is 15.6 Å². The van der Waals surface area contributed by atoms with E-state index < -0.39 is 0 Å². The van der Waals surface area contributed by atoms with Crippen molar-refractivity contribution in [2.45, 2.75) is 10.1 Å². The summed E-state index contributed by atoms with van der Waals surface area (Å²) in [6.45, 7) is 0.603. The topological polar surface area (TPSA) is 99.0 Å². The van der Waals surface area contributed by atoms with Crippen molar-refractivity contribution >= 4 is 29.4 Å². The first-order valence-corrected chi connectivity index (χ1v) is 9.53. The summed E-state index contributed by atoms with van der Waals surface area (Å²) in [4.78, 5) is 13.1. The van der Waals surface area contributed by atoms with Crippen LogP contribution in [0.2, 0.25) is 0 Å². The van der Waals surface area contributed by atoms with Crippen LogP contribution in [0.4, 0.5) is 0 Å². The van der Waals surface area contributed by atoms with E-state index in [0.29, 0.717) is 23.3 Å². The summed E-state index contributed by atoms with van der Waals surface area (Å²) < 4.78 is 6.57. The third-order valence-electron chi connectivity index (χ3n) is 3.17. The van der Waals surface area contributed by atoms with Crippen molar-refractivity contribution in [3.63, 3.8) is 0 Å². The van der Waals surface area contributed by atoms with E-state index in [-0.39, 0.29) is 11.7 Å². The van der Waals surface area contributed by atoms with Crippen LogP contribution in [0.5, 0.6) is 0 Å². The average molecular weight is 375 g/mol. The highest BCUT2D eigenvalue weighted by Gasteiger charge is 2.15. The smallest absolute Gasteiger partial charge is 0.230 e. The van der Waals surface area contributed by atoms with Crippen LogP contribution in [0.25, 0.3) is 11.6 Å². The predicted octanol–water partition coefficient (Wildman–Crippen LogP) is 2.25. The molecule has 0 saturated heterocycles. The van der Waals surface area contributed by atoms with E-state index in [1.807, 2.05) is 30.3 Å². The summed E-state index contributed by atoms with van der Waals surface area (Å²) in [5.41, 5.74) is 0. The number of amides is 1. The Morgan fingerprint density at radius 2 is 2.00 bits per heavy atom. The number of thioether (sulfide) groups is 2. The van der Waals surface area contributed by atoms with Gasteiger partial charge in [0.1, 0.15) is 0 Å². The fraction of sp³-hybridized carbons (Fsp3) is 0.188. The Hall–Kier alpha value is -2.39. The van der Waals surface area contributed by atoms with Crippen LogP contribution in [-0.2, 0) is 4.79 Å². The van der Waals surface area contributed by atoms with Gasteiger partial charge in [-0.2, -0.15) is 0 Å². The Labute approximate surface area is 153 Å². The van der Waals surface area contributed by atoms with Gasteiger partial charge in [0.15, 0.2) is 5.76 Å². The number of carbonyl (C=O) groups excluding carboxylic acids is 1. The number of rotatable bonds is 8. The number of nitrogens with one attached hydrogen (secondary N) is 1. The van der Waals surface area contributed by atoms with Crippen molar-refractivity contribution in [1.29, 1.82) is 0 Å². The molecule has 3 rings (SSSR count). The van der Waals surface area contributed by atoms with Crippen molar-refractivity contribution in [2.75, 3.05) is 23.9 Å². The zero-order chi connectivity index (χ0) is 17.5. The number of hydrogen-bond donors (Lipinski definition) is 2. The third-order valence-corrected chi connectivity index (χ3v) is 5.13. The standard InChI is InChI=1S/C16H17N5O2S2/c17-21-15(13-7-4-9-23-13)19-20-16(21)25-11-14(22)18-8-10-24-12-5-2-1-3-6-12/h1-7,9H,8,10-11,17H2,(H,18,22). The molecule has 130 valence electrons.